The fraction of sp³-hybridized carbons (Fsp3) is 0.296. The van der Waals surface area contributed by atoms with Crippen LogP contribution in [0.1, 0.15) is 29.4 Å². The zero-order chi connectivity index (χ0) is 23.6. The summed E-state index contributed by atoms with van der Waals surface area (Å²) in [7, 11) is 5.67. The van der Waals surface area contributed by atoms with Crippen molar-refractivity contribution in [1.82, 2.24) is 14.5 Å². The normalized spacial score (nSPS) is 14.7. The van der Waals surface area contributed by atoms with Gasteiger partial charge in [-0.05, 0) is 24.3 Å². The minimum Gasteiger partial charge on any atom is -0.359 e. The van der Waals surface area contributed by atoms with Crippen molar-refractivity contribution in [2.24, 2.45) is 15.9 Å². The summed E-state index contributed by atoms with van der Waals surface area (Å²) in [5, 5.41) is 3.25. The van der Waals surface area contributed by atoms with E-state index in [9.17, 15) is 0 Å². The largest absolute Gasteiger partial charge is 0.359 e. The fourth-order valence-electron chi connectivity index (χ4n) is 3.87. The minimum atomic E-state index is 0.511. The maximum Gasteiger partial charge on any atom is 0.203 e. The molecule has 2 heterocycles. The smallest absolute Gasteiger partial charge is 0.203 e. The van der Waals surface area contributed by atoms with Crippen LogP contribution < -0.4 is 5.32 Å². The fourth-order valence-corrected chi connectivity index (χ4v) is 3.87. The quantitative estimate of drug-likeness (QED) is 0.432. The number of allylic oxidation sites excluding steroid dienone is 1. The number of anilines is 1. The first-order valence-corrected chi connectivity index (χ1v) is 11.2. The minimum absolute atomic E-state index is 0.511. The molecule has 0 saturated carbocycles. The lowest BCUT2D eigenvalue weighted by Crippen LogP contribution is -2.28. The van der Waals surface area contributed by atoms with Crippen LogP contribution in [0.5, 0.6) is 0 Å². The highest BCUT2D eigenvalue weighted by molar-refractivity contribution is 5.98. The number of aliphatic imine (C=N–C) groups is 2. The molecule has 3 aromatic rings. The first kappa shape index (κ1) is 24.0. The Labute approximate surface area is 197 Å². The van der Waals surface area contributed by atoms with E-state index >= 15 is 0 Å². The van der Waals surface area contributed by atoms with E-state index in [4.69, 9.17) is 9.98 Å². The lowest BCUT2D eigenvalue weighted by atomic mass is 10.1. The van der Waals surface area contributed by atoms with Gasteiger partial charge in [-0.3, -0.25) is 4.99 Å². The van der Waals surface area contributed by atoms with Crippen LogP contribution in [0.15, 0.2) is 76.7 Å². The predicted molar refractivity (Wildman–Crippen MR) is 140 cm³/mol. The zero-order valence-electron chi connectivity index (χ0n) is 20.1. The van der Waals surface area contributed by atoms with Gasteiger partial charge >= 0.3 is 0 Å². The summed E-state index contributed by atoms with van der Waals surface area (Å²) in [5.74, 6) is 2.41. The number of imidazole rings is 1. The number of amidine groups is 1. The molecule has 172 valence electrons. The van der Waals surface area contributed by atoms with Crippen molar-refractivity contribution < 1.29 is 0 Å². The number of rotatable bonds is 6. The third-order valence-electron chi connectivity index (χ3n) is 5.39. The number of nitrogens with one attached hydrogen (secondary N) is 1. The molecule has 0 bridgehead atoms. The molecular formula is C27H34N6. The van der Waals surface area contributed by atoms with E-state index in [1.807, 2.05) is 19.2 Å². The highest BCUT2D eigenvalue weighted by atomic mass is 15.2. The van der Waals surface area contributed by atoms with Crippen molar-refractivity contribution in [3.63, 3.8) is 0 Å². The van der Waals surface area contributed by atoms with Crippen LogP contribution >= 0.6 is 0 Å². The maximum absolute atomic E-state index is 4.99. The summed E-state index contributed by atoms with van der Waals surface area (Å²) in [5.41, 5.74) is 4.56. The Morgan fingerprint density at radius 1 is 1.15 bits per heavy atom. The molecule has 0 fully saturated rings. The van der Waals surface area contributed by atoms with Crippen LogP contribution in [0.3, 0.4) is 0 Å². The van der Waals surface area contributed by atoms with Gasteiger partial charge in [0.05, 0.1) is 24.5 Å². The third kappa shape index (κ3) is 6.19. The second-order valence-electron chi connectivity index (χ2n) is 8.13. The summed E-state index contributed by atoms with van der Waals surface area (Å²) >= 11 is 0. The molecule has 0 spiro atoms. The summed E-state index contributed by atoms with van der Waals surface area (Å²) in [6, 6.07) is 20.8. The Balaban J connectivity index is 0.000000968. The Bertz CT molecular complexity index is 1080. The van der Waals surface area contributed by atoms with Crippen molar-refractivity contribution >= 4 is 24.6 Å². The molecule has 1 aliphatic rings. The second kappa shape index (κ2) is 11.8. The molecule has 2 aromatic carbocycles. The lowest BCUT2D eigenvalue weighted by Gasteiger charge is -2.22. The first-order chi connectivity index (χ1) is 16.1. The topological polar surface area (TPSA) is 57.8 Å². The number of nitrogens with zero attached hydrogens (tertiary/aromatic N) is 5. The highest BCUT2D eigenvalue weighted by Crippen LogP contribution is 2.26. The molecule has 1 atom stereocenters. The summed E-state index contributed by atoms with van der Waals surface area (Å²) < 4.78 is 2.27. The molecule has 1 unspecified atom stereocenters. The molecule has 0 radical (unpaired) electrons. The monoisotopic (exact) mass is 442 g/mol. The number of fused-ring (bicyclic) bond motifs is 1. The number of hydrogen-bond donors (Lipinski definition) is 1. The Morgan fingerprint density at radius 3 is 2.42 bits per heavy atom. The van der Waals surface area contributed by atoms with E-state index in [1.165, 1.54) is 11.3 Å². The summed E-state index contributed by atoms with van der Waals surface area (Å²) in [6.45, 7) is 7.63. The molecule has 1 aromatic heterocycles. The molecule has 33 heavy (non-hydrogen) atoms. The number of aromatic nitrogens is 2. The Kier molecular flexibility index (Phi) is 8.58. The lowest BCUT2D eigenvalue weighted by molar-refractivity contribution is 0.489. The van der Waals surface area contributed by atoms with Crippen molar-refractivity contribution in [3.8, 4) is 0 Å². The predicted octanol–water partition coefficient (Wildman–Crippen LogP) is 4.98. The Morgan fingerprint density at radius 2 is 1.79 bits per heavy atom. The van der Waals surface area contributed by atoms with Gasteiger partial charge in [-0.15, -0.1) is 0 Å². The van der Waals surface area contributed by atoms with E-state index in [2.05, 4.69) is 101 Å². The van der Waals surface area contributed by atoms with E-state index in [0.717, 1.165) is 29.6 Å². The summed E-state index contributed by atoms with van der Waals surface area (Å²) in [4.78, 5) is 15.3. The van der Waals surface area contributed by atoms with E-state index in [0.29, 0.717) is 19.0 Å². The van der Waals surface area contributed by atoms with Crippen molar-refractivity contribution in [2.45, 2.75) is 26.6 Å². The molecule has 0 saturated heterocycles. The standard InChI is InChI=1S/C25H29N5.C2H5N/c1-19-14-15-23-22(28-25(26-2)30(23)17-19)18-29(3)24(21-12-8-5-9-13-21)27-16-20-10-6-4-7-11-20;1-3-2/h4-15,19H,16-18H2,1-3H3,(H,26,28);1H2,2H3. The van der Waals surface area contributed by atoms with Gasteiger partial charge in [0, 0.05) is 33.3 Å². The summed E-state index contributed by atoms with van der Waals surface area (Å²) in [6.07, 6.45) is 4.47. The molecule has 1 N–H and O–H groups in total. The van der Waals surface area contributed by atoms with Crippen LogP contribution in [0.25, 0.3) is 6.08 Å². The van der Waals surface area contributed by atoms with Crippen LogP contribution in [-0.2, 0) is 19.6 Å². The van der Waals surface area contributed by atoms with E-state index in [1.54, 1.807) is 7.05 Å². The number of hydrogen-bond acceptors (Lipinski definition) is 4. The van der Waals surface area contributed by atoms with Gasteiger partial charge in [0.2, 0.25) is 5.95 Å². The van der Waals surface area contributed by atoms with Gasteiger partial charge in [0.15, 0.2) is 0 Å². The molecular weight excluding hydrogens is 408 g/mol. The SMILES string of the molecule is C=NC.CNc1nc(CN(C)C(=NCc2ccccc2)c2ccccc2)c2n1CC(C)C=C2. The van der Waals surface area contributed by atoms with Gasteiger partial charge in [0.1, 0.15) is 5.84 Å². The molecule has 6 nitrogen and oxygen atoms in total. The molecule has 0 aliphatic carbocycles. The average Bonchev–Trinajstić information content (AvgIpc) is 3.17. The van der Waals surface area contributed by atoms with Crippen molar-refractivity contribution in [2.75, 3.05) is 26.5 Å². The molecule has 0 amide bonds. The first-order valence-electron chi connectivity index (χ1n) is 11.2. The number of benzene rings is 2. The van der Waals surface area contributed by atoms with E-state index in [-0.39, 0.29) is 0 Å². The maximum atomic E-state index is 4.99. The van der Waals surface area contributed by atoms with E-state index < -0.39 is 0 Å². The van der Waals surface area contributed by atoms with Crippen LogP contribution in [0.4, 0.5) is 5.95 Å². The molecule has 4 rings (SSSR count). The van der Waals surface area contributed by atoms with Crippen molar-refractivity contribution in [3.05, 3.63) is 89.3 Å². The van der Waals surface area contributed by atoms with Gasteiger partial charge in [0.25, 0.3) is 0 Å². The highest BCUT2D eigenvalue weighted by Gasteiger charge is 2.21. The van der Waals surface area contributed by atoms with Gasteiger partial charge in [-0.1, -0.05) is 73.7 Å². The van der Waals surface area contributed by atoms with Crippen LogP contribution in [-0.4, -0.2) is 48.1 Å². The van der Waals surface area contributed by atoms with Crippen LogP contribution in [0.2, 0.25) is 0 Å². The zero-order valence-corrected chi connectivity index (χ0v) is 20.1. The second-order valence-corrected chi connectivity index (χ2v) is 8.13. The average molecular weight is 443 g/mol. The molecule has 1 aliphatic heterocycles. The third-order valence-corrected chi connectivity index (χ3v) is 5.39. The van der Waals surface area contributed by atoms with Crippen molar-refractivity contribution in [1.29, 1.82) is 0 Å². The van der Waals surface area contributed by atoms with Gasteiger partial charge < -0.3 is 19.8 Å². The van der Waals surface area contributed by atoms with Gasteiger partial charge in [-0.2, -0.15) is 0 Å². The molecule has 6 heteroatoms. The van der Waals surface area contributed by atoms with Gasteiger partial charge in [-0.25, -0.2) is 4.98 Å². The Hall–Kier alpha value is -3.67. The van der Waals surface area contributed by atoms with Crippen LogP contribution in [0, 0.1) is 5.92 Å².